The minimum Gasteiger partial charge on any atom is -0.462 e. The summed E-state index contributed by atoms with van der Waals surface area (Å²) < 4.78 is 10.00. The zero-order chi connectivity index (χ0) is 13.7. The summed E-state index contributed by atoms with van der Waals surface area (Å²) in [4.78, 5) is 26.4. The highest BCUT2D eigenvalue weighted by Gasteiger charge is 2.23. The molecular weight excluding hydrogens is 234 g/mol. The average Bonchev–Trinajstić information content (AvgIpc) is 2.62. The van der Waals surface area contributed by atoms with Crippen LogP contribution >= 0.6 is 0 Å². The van der Waals surface area contributed by atoms with Gasteiger partial charge in [-0.1, -0.05) is 6.92 Å². The van der Waals surface area contributed by atoms with E-state index in [4.69, 9.17) is 9.47 Å². The van der Waals surface area contributed by atoms with E-state index < -0.39 is 11.9 Å². The van der Waals surface area contributed by atoms with Crippen molar-refractivity contribution in [1.82, 2.24) is 4.98 Å². The third-order valence-corrected chi connectivity index (χ3v) is 2.56. The number of carbonyl (C=O) groups excluding carboxylic acids is 2. The molecule has 0 aromatic carbocycles. The molecule has 18 heavy (non-hydrogen) atoms. The highest BCUT2D eigenvalue weighted by atomic mass is 16.5. The van der Waals surface area contributed by atoms with E-state index >= 15 is 0 Å². The summed E-state index contributed by atoms with van der Waals surface area (Å²) in [5, 5.41) is 0. The van der Waals surface area contributed by atoms with Gasteiger partial charge in [0, 0.05) is 5.69 Å². The fourth-order valence-corrected chi connectivity index (χ4v) is 1.73. The Hall–Kier alpha value is -1.78. The number of carbonyl (C=O) groups is 2. The summed E-state index contributed by atoms with van der Waals surface area (Å²) in [5.74, 6) is -0.855. The summed E-state index contributed by atoms with van der Waals surface area (Å²) in [6, 6.07) is 0. The van der Waals surface area contributed by atoms with Gasteiger partial charge in [0.2, 0.25) is 0 Å². The number of esters is 2. The van der Waals surface area contributed by atoms with Crippen LogP contribution in [-0.4, -0.2) is 30.1 Å². The molecule has 0 radical (unpaired) electrons. The number of ether oxygens (including phenoxy) is 2. The maximum absolute atomic E-state index is 11.8. The Morgan fingerprint density at radius 2 is 1.78 bits per heavy atom. The number of aryl methyl sites for hydroxylation is 1. The summed E-state index contributed by atoms with van der Waals surface area (Å²) in [7, 11) is 0. The number of nitrogens with one attached hydrogen (secondary N) is 1. The first-order chi connectivity index (χ1) is 8.52. The van der Waals surface area contributed by atoms with Gasteiger partial charge in [-0.15, -0.1) is 0 Å². The Kier molecular flexibility index (Phi) is 4.95. The summed E-state index contributed by atoms with van der Waals surface area (Å²) in [6.45, 7) is 7.77. The van der Waals surface area contributed by atoms with Crippen LogP contribution in [0, 0.1) is 13.8 Å². The first kappa shape index (κ1) is 14.3. The number of aromatic nitrogens is 1. The molecule has 5 heteroatoms. The smallest absolute Gasteiger partial charge is 0.355 e. The molecule has 0 atom stereocenters. The quantitative estimate of drug-likeness (QED) is 0.818. The van der Waals surface area contributed by atoms with Gasteiger partial charge in [-0.05, 0) is 32.8 Å². The third kappa shape index (κ3) is 2.91. The Morgan fingerprint density at radius 3 is 2.33 bits per heavy atom. The van der Waals surface area contributed by atoms with Crippen LogP contribution in [0.4, 0.5) is 0 Å². The monoisotopic (exact) mass is 253 g/mol. The van der Waals surface area contributed by atoms with Gasteiger partial charge in [-0.2, -0.15) is 0 Å². The van der Waals surface area contributed by atoms with Crippen molar-refractivity contribution in [3.05, 3.63) is 22.5 Å². The number of aromatic amines is 1. The van der Waals surface area contributed by atoms with E-state index in [2.05, 4.69) is 4.98 Å². The SMILES string of the molecule is CCCOC(=O)c1[nH]c(C)c(C(=O)OCC)c1C. The summed E-state index contributed by atoms with van der Waals surface area (Å²) in [5.41, 5.74) is 1.94. The molecule has 0 saturated carbocycles. The molecule has 1 heterocycles. The Morgan fingerprint density at radius 1 is 1.11 bits per heavy atom. The van der Waals surface area contributed by atoms with Crippen molar-refractivity contribution >= 4 is 11.9 Å². The van der Waals surface area contributed by atoms with Gasteiger partial charge in [0.25, 0.3) is 0 Å². The second-order valence-electron chi connectivity index (χ2n) is 3.98. The maximum Gasteiger partial charge on any atom is 0.355 e. The van der Waals surface area contributed by atoms with E-state index in [1.165, 1.54) is 0 Å². The molecule has 1 aromatic heterocycles. The number of H-pyrrole nitrogens is 1. The van der Waals surface area contributed by atoms with Gasteiger partial charge in [-0.3, -0.25) is 0 Å². The minimum absolute atomic E-state index is 0.304. The summed E-state index contributed by atoms with van der Waals surface area (Å²) in [6.07, 6.45) is 0.759. The lowest BCUT2D eigenvalue weighted by atomic mass is 10.1. The Balaban J connectivity index is 3.00. The molecular formula is C13H19NO4. The van der Waals surface area contributed by atoms with Gasteiger partial charge in [-0.25, -0.2) is 9.59 Å². The zero-order valence-electron chi connectivity index (χ0n) is 11.3. The maximum atomic E-state index is 11.8. The normalized spacial score (nSPS) is 10.2. The van der Waals surface area contributed by atoms with Crippen molar-refractivity contribution < 1.29 is 19.1 Å². The van der Waals surface area contributed by atoms with Crippen molar-refractivity contribution in [3.8, 4) is 0 Å². The molecule has 0 aliphatic rings. The molecule has 0 amide bonds. The number of rotatable bonds is 5. The summed E-state index contributed by atoms with van der Waals surface area (Å²) >= 11 is 0. The lowest BCUT2D eigenvalue weighted by molar-refractivity contribution is 0.0497. The highest BCUT2D eigenvalue weighted by molar-refractivity contribution is 5.98. The first-order valence-corrected chi connectivity index (χ1v) is 6.06. The predicted molar refractivity (Wildman–Crippen MR) is 66.8 cm³/mol. The second kappa shape index (κ2) is 6.23. The molecule has 0 spiro atoms. The van der Waals surface area contributed by atoms with Crippen molar-refractivity contribution in [2.24, 2.45) is 0 Å². The van der Waals surface area contributed by atoms with Crippen LogP contribution in [0.3, 0.4) is 0 Å². The third-order valence-electron chi connectivity index (χ3n) is 2.56. The molecule has 0 unspecified atom stereocenters. The molecule has 0 aliphatic heterocycles. The van der Waals surface area contributed by atoms with Crippen molar-refractivity contribution in [1.29, 1.82) is 0 Å². The van der Waals surface area contributed by atoms with Crippen LogP contribution in [0.5, 0.6) is 0 Å². The van der Waals surface area contributed by atoms with Crippen molar-refractivity contribution in [3.63, 3.8) is 0 Å². The number of hydrogen-bond donors (Lipinski definition) is 1. The molecule has 100 valence electrons. The standard InChI is InChI=1S/C13H19NO4/c1-5-7-18-13(16)11-8(3)10(9(4)14-11)12(15)17-6-2/h14H,5-7H2,1-4H3. The van der Waals surface area contributed by atoms with E-state index in [9.17, 15) is 9.59 Å². The predicted octanol–water partition coefficient (Wildman–Crippen LogP) is 2.38. The lowest BCUT2D eigenvalue weighted by Gasteiger charge is -2.03. The van der Waals surface area contributed by atoms with Gasteiger partial charge in [0.05, 0.1) is 18.8 Å². The number of hydrogen-bond acceptors (Lipinski definition) is 4. The molecule has 0 saturated heterocycles. The molecule has 1 rings (SSSR count). The average molecular weight is 253 g/mol. The fourth-order valence-electron chi connectivity index (χ4n) is 1.73. The Labute approximate surface area is 106 Å². The Bertz CT molecular complexity index is 448. The molecule has 0 fully saturated rings. The highest BCUT2D eigenvalue weighted by Crippen LogP contribution is 2.19. The van der Waals surface area contributed by atoms with Crippen LogP contribution in [-0.2, 0) is 9.47 Å². The van der Waals surface area contributed by atoms with E-state index in [0.717, 1.165) is 6.42 Å². The van der Waals surface area contributed by atoms with Gasteiger partial charge in [0.15, 0.2) is 0 Å². The van der Waals surface area contributed by atoms with Crippen LogP contribution in [0.25, 0.3) is 0 Å². The van der Waals surface area contributed by atoms with Crippen molar-refractivity contribution in [2.45, 2.75) is 34.1 Å². The second-order valence-corrected chi connectivity index (χ2v) is 3.98. The van der Waals surface area contributed by atoms with E-state index in [1.54, 1.807) is 20.8 Å². The van der Waals surface area contributed by atoms with Crippen molar-refractivity contribution in [2.75, 3.05) is 13.2 Å². The molecule has 0 bridgehead atoms. The van der Waals surface area contributed by atoms with E-state index in [-0.39, 0.29) is 0 Å². The van der Waals surface area contributed by atoms with Gasteiger partial charge >= 0.3 is 11.9 Å². The van der Waals surface area contributed by atoms with Crippen LogP contribution in [0.15, 0.2) is 0 Å². The molecule has 1 N–H and O–H groups in total. The topological polar surface area (TPSA) is 68.4 Å². The zero-order valence-corrected chi connectivity index (χ0v) is 11.3. The molecule has 0 aliphatic carbocycles. The van der Waals surface area contributed by atoms with Crippen LogP contribution in [0.2, 0.25) is 0 Å². The first-order valence-electron chi connectivity index (χ1n) is 6.06. The lowest BCUT2D eigenvalue weighted by Crippen LogP contribution is -2.09. The van der Waals surface area contributed by atoms with Gasteiger partial charge in [0.1, 0.15) is 5.69 Å². The van der Waals surface area contributed by atoms with Crippen LogP contribution < -0.4 is 0 Å². The molecule has 5 nitrogen and oxygen atoms in total. The molecule has 1 aromatic rings. The fraction of sp³-hybridized carbons (Fsp3) is 0.538. The van der Waals surface area contributed by atoms with Gasteiger partial charge < -0.3 is 14.5 Å². The minimum atomic E-state index is -0.437. The van der Waals surface area contributed by atoms with E-state index in [0.29, 0.717) is 35.7 Å². The largest absolute Gasteiger partial charge is 0.462 e. The van der Waals surface area contributed by atoms with Crippen LogP contribution in [0.1, 0.15) is 52.4 Å². The van der Waals surface area contributed by atoms with E-state index in [1.807, 2.05) is 6.92 Å².